The van der Waals surface area contributed by atoms with Crippen molar-refractivity contribution in [3.63, 3.8) is 0 Å². The van der Waals surface area contributed by atoms with Crippen LogP contribution in [0.4, 0.5) is 8.78 Å². The van der Waals surface area contributed by atoms with Gasteiger partial charge in [-0.05, 0) is 13.0 Å². The van der Waals surface area contributed by atoms with Crippen molar-refractivity contribution in [3.05, 3.63) is 0 Å². The van der Waals surface area contributed by atoms with E-state index in [-0.39, 0.29) is 0 Å². The van der Waals surface area contributed by atoms with E-state index in [0.29, 0.717) is 13.1 Å². The molecule has 0 spiro atoms. The van der Waals surface area contributed by atoms with E-state index in [4.69, 9.17) is 0 Å². The Bertz CT molecular complexity index is 154. The molecule has 0 amide bonds. The Morgan fingerprint density at radius 2 is 1.47 bits per heavy atom. The molecule has 0 aromatic heterocycles. The summed E-state index contributed by atoms with van der Waals surface area (Å²) < 4.78 is 25.7. The third-order valence-electron chi connectivity index (χ3n) is 3.09. The van der Waals surface area contributed by atoms with Gasteiger partial charge in [-0.25, -0.2) is 8.78 Å². The van der Waals surface area contributed by atoms with E-state index >= 15 is 0 Å². The molecule has 1 saturated heterocycles. The second-order valence-electron chi connectivity index (χ2n) is 4.56. The van der Waals surface area contributed by atoms with Crippen LogP contribution in [0, 0.1) is 0 Å². The highest BCUT2D eigenvalue weighted by molar-refractivity contribution is 4.83. The van der Waals surface area contributed by atoms with Crippen molar-refractivity contribution in [2.75, 3.05) is 19.6 Å². The summed E-state index contributed by atoms with van der Waals surface area (Å²) >= 11 is 0. The van der Waals surface area contributed by atoms with Crippen LogP contribution < -0.4 is 0 Å². The minimum absolute atomic E-state index is 0.302. The predicted octanol–water partition coefficient (Wildman–Crippen LogP) is 3.34. The van der Waals surface area contributed by atoms with Crippen molar-refractivity contribution in [2.24, 2.45) is 0 Å². The molecule has 0 N–H and O–H groups in total. The maximum atomic E-state index is 12.8. The second-order valence-corrected chi connectivity index (χ2v) is 4.56. The largest absolute Gasteiger partial charge is 0.297 e. The molecule has 0 radical (unpaired) electrons. The Balaban J connectivity index is 1.92. The summed E-state index contributed by atoms with van der Waals surface area (Å²) in [6.45, 7) is 3.67. The van der Waals surface area contributed by atoms with Crippen molar-refractivity contribution < 1.29 is 8.78 Å². The molecule has 3 heteroatoms. The van der Waals surface area contributed by atoms with E-state index in [1.54, 1.807) is 0 Å². The Hall–Kier alpha value is -0.180. The molecule has 15 heavy (non-hydrogen) atoms. The maximum absolute atomic E-state index is 12.8. The fourth-order valence-corrected chi connectivity index (χ4v) is 2.09. The van der Waals surface area contributed by atoms with Crippen LogP contribution in [0.1, 0.15) is 45.4 Å². The van der Waals surface area contributed by atoms with Crippen LogP contribution >= 0.6 is 0 Å². The Kier molecular flexibility index (Phi) is 6.15. The highest BCUT2D eigenvalue weighted by Crippen LogP contribution is 2.17. The van der Waals surface area contributed by atoms with E-state index in [1.165, 1.54) is 32.1 Å². The number of alkyl halides is 2. The zero-order valence-corrected chi connectivity index (χ0v) is 9.72. The molecule has 2 atom stereocenters. The average Bonchev–Trinajstić information content (AvgIpc) is 2.52. The molecule has 1 nitrogen and oxygen atoms in total. The molecule has 0 aromatic carbocycles. The molecule has 2 unspecified atom stereocenters. The Labute approximate surface area is 91.8 Å². The first-order chi connectivity index (χ1) is 7.24. The molecule has 0 saturated carbocycles. The van der Waals surface area contributed by atoms with Gasteiger partial charge >= 0.3 is 0 Å². The van der Waals surface area contributed by atoms with Crippen molar-refractivity contribution in [2.45, 2.75) is 57.8 Å². The molecule has 0 aliphatic carbocycles. The molecular weight excluding hydrogens is 196 g/mol. The molecule has 0 bridgehead atoms. The molecule has 1 aliphatic rings. The normalized spacial score (nSPS) is 27.4. The number of halogens is 2. The lowest BCUT2D eigenvalue weighted by Crippen LogP contribution is -2.22. The zero-order valence-electron chi connectivity index (χ0n) is 9.72. The average molecular weight is 219 g/mol. The minimum atomic E-state index is -1.25. The minimum Gasteiger partial charge on any atom is -0.297 e. The van der Waals surface area contributed by atoms with E-state index in [9.17, 15) is 8.78 Å². The van der Waals surface area contributed by atoms with Gasteiger partial charge in [-0.1, -0.05) is 39.0 Å². The van der Waals surface area contributed by atoms with Crippen molar-refractivity contribution in [1.82, 2.24) is 4.90 Å². The topological polar surface area (TPSA) is 3.24 Å². The first-order valence-corrected chi connectivity index (χ1v) is 6.24. The second kappa shape index (κ2) is 7.15. The smallest absolute Gasteiger partial charge is 0.145 e. The third-order valence-corrected chi connectivity index (χ3v) is 3.09. The fourth-order valence-electron chi connectivity index (χ4n) is 2.09. The predicted molar refractivity (Wildman–Crippen MR) is 59.6 cm³/mol. The van der Waals surface area contributed by atoms with Gasteiger partial charge in [0, 0.05) is 13.1 Å². The van der Waals surface area contributed by atoms with Gasteiger partial charge in [0.05, 0.1) is 0 Å². The van der Waals surface area contributed by atoms with Crippen molar-refractivity contribution >= 4 is 0 Å². The third kappa shape index (κ3) is 4.92. The fraction of sp³-hybridized carbons (Fsp3) is 1.00. The van der Waals surface area contributed by atoms with Gasteiger partial charge in [-0.15, -0.1) is 0 Å². The number of hydrogen-bond acceptors (Lipinski definition) is 1. The highest BCUT2D eigenvalue weighted by Gasteiger charge is 2.31. The van der Waals surface area contributed by atoms with Gasteiger partial charge < -0.3 is 0 Å². The quantitative estimate of drug-likeness (QED) is 0.594. The SMILES string of the molecule is CCCCCCCCN1CC(F)C(F)C1. The Morgan fingerprint density at radius 1 is 0.933 bits per heavy atom. The van der Waals surface area contributed by atoms with Crippen molar-refractivity contribution in [1.29, 1.82) is 0 Å². The lowest BCUT2D eigenvalue weighted by atomic mass is 10.1. The van der Waals surface area contributed by atoms with Crippen LogP contribution in [0.25, 0.3) is 0 Å². The maximum Gasteiger partial charge on any atom is 0.145 e. The number of unbranched alkanes of at least 4 members (excludes halogenated alkanes) is 5. The summed E-state index contributed by atoms with van der Waals surface area (Å²) in [5.74, 6) is 0. The van der Waals surface area contributed by atoms with Gasteiger partial charge in [-0.2, -0.15) is 0 Å². The molecule has 1 heterocycles. The van der Waals surface area contributed by atoms with Gasteiger partial charge in [0.25, 0.3) is 0 Å². The number of likely N-dealkylation sites (tertiary alicyclic amines) is 1. The van der Waals surface area contributed by atoms with Crippen LogP contribution in [0.5, 0.6) is 0 Å². The van der Waals surface area contributed by atoms with Gasteiger partial charge in [0.2, 0.25) is 0 Å². The molecule has 0 aromatic rings. The molecule has 1 aliphatic heterocycles. The first-order valence-electron chi connectivity index (χ1n) is 6.24. The van der Waals surface area contributed by atoms with Crippen LogP contribution in [0.2, 0.25) is 0 Å². The number of hydrogen-bond donors (Lipinski definition) is 0. The highest BCUT2D eigenvalue weighted by atomic mass is 19.2. The van der Waals surface area contributed by atoms with Crippen LogP contribution in [0.3, 0.4) is 0 Å². The van der Waals surface area contributed by atoms with E-state index in [0.717, 1.165) is 13.0 Å². The molecule has 90 valence electrons. The van der Waals surface area contributed by atoms with Gasteiger partial charge in [0.15, 0.2) is 0 Å². The summed E-state index contributed by atoms with van der Waals surface area (Å²) in [5, 5.41) is 0. The summed E-state index contributed by atoms with van der Waals surface area (Å²) in [6, 6.07) is 0. The summed E-state index contributed by atoms with van der Waals surface area (Å²) in [6.07, 6.45) is 4.93. The number of rotatable bonds is 7. The molecule has 1 rings (SSSR count). The zero-order chi connectivity index (χ0) is 11.1. The monoisotopic (exact) mass is 219 g/mol. The lowest BCUT2D eigenvalue weighted by molar-refractivity contribution is 0.217. The molecular formula is C12H23F2N. The molecule has 1 fully saturated rings. The van der Waals surface area contributed by atoms with Crippen molar-refractivity contribution in [3.8, 4) is 0 Å². The standard InChI is InChI=1S/C12H23F2N/c1-2-3-4-5-6-7-8-15-9-11(13)12(14)10-15/h11-12H,2-10H2,1H3. The summed E-state index contributed by atoms with van der Waals surface area (Å²) in [7, 11) is 0. The van der Waals surface area contributed by atoms with Crippen LogP contribution in [-0.4, -0.2) is 36.9 Å². The first kappa shape index (κ1) is 12.9. The lowest BCUT2D eigenvalue weighted by Gasteiger charge is -2.13. The van der Waals surface area contributed by atoms with Gasteiger partial charge in [-0.3, -0.25) is 4.90 Å². The van der Waals surface area contributed by atoms with E-state index < -0.39 is 12.3 Å². The van der Waals surface area contributed by atoms with Crippen LogP contribution in [-0.2, 0) is 0 Å². The van der Waals surface area contributed by atoms with Crippen LogP contribution in [0.15, 0.2) is 0 Å². The summed E-state index contributed by atoms with van der Waals surface area (Å²) in [5.41, 5.74) is 0. The van der Waals surface area contributed by atoms with E-state index in [2.05, 4.69) is 6.92 Å². The Morgan fingerprint density at radius 3 is 2.07 bits per heavy atom. The van der Waals surface area contributed by atoms with E-state index in [1.807, 2.05) is 4.90 Å². The number of nitrogens with zero attached hydrogens (tertiary/aromatic N) is 1. The summed E-state index contributed by atoms with van der Waals surface area (Å²) in [4.78, 5) is 1.91. The van der Waals surface area contributed by atoms with Gasteiger partial charge in [0.1, 0.15) is 12.3 Å².